The van der Waals surface area contributed by atoms with Crippen LogP contribution in [0.1, 0.15) is 38.9 Å². The minimum atomic E-state index is -0.753. The third kappa shape index (κ3) is 4.94. The Bertz CT molecular complexity index is 369. The number of benzene rings is 1. The van der Waals surface area contributed by atoms with E-state index >= 15 is 0 Å². The van der Waals surface area contributed by atoms with Gasteiger partial charge >= 0.3 is 0 Å². The molecule has 0 bridgehead atoms. The molecule has 0 aliphatic heterocycles. The first-order valence-electron chi connectivity index (χ1n) is 5.62. The summed E-state index contributed by atoms with van der Waals surface area (Å²) < 4.78 is 5.55. The highest BCUT2D eigenvalue weighted by Gasteiger charge is 2.14. The van der Waals surface area contributed by atoms with Crippen LogP contribution in [0.15, 0.2) is 18.2 Å². The number of hydrogen-bond acceptors (Lipinski definition) is 3. The summed E-state index contributed by atoms with van der Waals surface area (Å²) in [6.45, 7) is 5.51. The van der Waals surface area contributed by atoms with Gasteiger partial charge < -0.3 is 14.9 Å². The average Bonchev–Trinajstić information content (AvgIpc) is 2.18. The standard InChI is InChI=1S/C13H19ClO3/c1-9(15)11-8-10(14)4-5-12(11)17-7-6-13(2,3)16/h4-5,8-9,15-16H,6-7H2,1-3H3/t9-/m1/s1. The van der Waals surface area contributed by atoms with Crippen LogP contribution in [0.3, 0.4) is 0 Å². The zero-order chi connectivity index (χ0) is 13.1. The molecular weight excluding hydrogens is 240 g/mol. The third-order valence-corrected chi connectivity index (χ3v) is 2.63. The smallest absolute Gasteiger partial charge is 0.125 e. The van der Waals surface area contributed by atoms with Crippen LogP contribution in [0, 0.1) is 0 Å². The zero-order valence-electron chi connectivity index (χ0n) is 10.4. The van der Waals surface area contributed by atoms with Crippen molar-refractivity contribution in [2.45, 2.75) is 38.9 Å². The van der Waals surface area contributed by atoms with Crippen molar-refractivity contribution in [3.63, 3.8) is 0 Å². The van der Waals surface area contributed by atoms with Crippen molar-refractivity contribution in [3.8, 4) is 5.75 Å². The maximum absolute atomic E-state index is 9.60. The average molecular weight is 259 g/mol. The Morgan fingerprint density at radius 3 is 2.59 bits per heavy atom. The van der Waals surface area contributed by atoms with E-state index in [1.807, 2.05) is 0 Å². The predicted octanol–water partition coefficient (Wildman–Crippen LogP) is 2.93. The summed E-state index contributed by atoms with van der Waals surface area (Å²) in [7, 11) is 0. The van der Waals surface area contributed by atoms with E-state index in [1.54, 1.807) is 39.0 Å². The van der Waals surface area contributed by atoms with Crippen molar-refractivity contribution in [2.75, 3.05) is 6.61 Å². The van der Waals surface area contributed by atoms with E-state index in [0.29, 0.717) is 29.4 Å². The van der Waals surface area contributed by atoms with E-state index in [1.165, 1.54) is 0 Å². The minimum Gasteiger partial charge on any atom is -0.493 e. The number of ether oxygens (including phenoxy) is 1. The Balaban J connectivity index is 2.70. The highest BCUT2D eigenvalue weighted by atomic mass is 35.5. The van der Waals surface area contributed by atoms with E-state index in [2.05, 4.69) is 0 Å². The molecule has 17 heavy (non-hydrogen) atoms. The number of halogens is 1. The van der Waals surface area contributed by atoms with Crippen molar-refractivity contribution in [2.24, 2.45) is 0 Å². The lowest BCUT2D eigenvalue weighted by molar-refractivity contribution is 0.0548. The lowest BCUT2D eigenvalue weighted by Gasteiger charge is -2.19. The van der Waals surface area contributed by atoms with Crippen LogP contribution in [0.5, 0.6) is 5.75 Å². The van der Waals surface area contributed by atoms with Crippen LogP contribution < -0.4 is 4.74 Å². The quantitative estimate of drug-likeness (QED) is 0.854. The molecule has 4 heteroatoms. The van der Waals surface area contributed by atoms with E-state index < -0.39 is 11.7 Å². The Kier molecular flexibility index (Phi) is 4.80. The largest absolute Gasteiger partial charge is 0.493 e. The Labute approximate surface area is 107 Å². The molecule has 0 heterocycles. The van der Waals surface area contributed by atoms with Gasteiger partial charge in [-0.1, -0.05) is 11.6 Å². The second kappa shape index (κ2) is 5.71. The van der Waals surface area contributed by atoms with Crippen molar-refractivity contribution in [1.29, 1.82) is 0 Å². The molecular formula is C13H19ClO3. The molecule has 0 aliphatic rings. The van der Waals surface area contributed by atoms with Gasteiger partial charge in [0, 0.05) is 17.0 Å². The fraction of sp³-hybridized carbons (Fsp3) is 0.538. The summed E-state index contributed by atoms with van der Waals surface area (Å²) in [4.78, 5) is 0. The number of aliphatic hydroxyl groups excluding tert-OH is 1. The minimum absolute atomic E-state index is 0.394. The topological polar surface area (TPSA) is 49.7 Å². The van der Waals surface area contributed by atoms with Crippen molar-refractivity contribution >= 4 is 11.6 Å². The van der Waals surface area contributed by atoms with Crippen LogP contribution in [-0.4, -0.2) is 22.4 Å². The van der Waals surface area contributed by atoms with Gasteiger partial charge in [-0.3, -0.25) is 0 Å². The molecule has 0 aromatic heterocycles. The van der Waals surface area contributed by atoms with Gasteiger partial charge in [0.15, 0.2) is 0 Å². The fourth-order valence-electron chi connectivity index (χ4n) is 1.39. The maximum atomic E-state index is 9.60. The molecule has 0 unspecified atom stereocenters. The number of aliphatic hydroxyl groups is 2. The van der Waals surface area contributed by atoms with E-state index in [0.717, 1.165) is 0 Å². The van der Waals surface area contributed by atoms with Gasteiger partial charge in [0.2, 0.25) is 0 Å². The van der Waals surface area contributed by atoms with E-state index in [-0.39, 0.29) is 0 Å². The Hall–Kier alpha value is -0.770. The van der Waals surface area contributed by atoms with Gasteiger partial charge in [-0.05, 0) is 39.0 Å². The summed E-state index contributed by atoms with van der Waals surface area (Å²) in [5, 5.41) is 19.7. The summed E-state index contributed by atoms with van der Waals surface area (Å²) in [6, 6.07) is 5.13. The molecule has 0 saturated carbocycles. The van der Waals surface area contributed by atoms with Crippen LogP contribution in [-0.2, 0) is 0 Å². The van der Waals surface area contributed by atoms with E-state index in [9.17, 15) is 10.2 Å². The maximum Gasteiger partial charge on any atom is 0.125 e. The molecule has 0 amide bonds. The molecule has 0 fully saturated rings. The van der Waals surface area contributed by atoms with Crippen LogP contribution in [0.25, 0.3) is 0 Å². The van der Waals surface area contributed by atoms with Crippen molar-refractivity contribution in [3.05, 3.63) is 28.8 Å². The zero-order valence-corrected chi connectivity index (χ0v) is 11.2. The third-order valence-electron chi connectivity index (χ3n) is 2.39. The summed E-state index contributed by atoms with van der Waals surface area (Å²) in [5.74, 6) is 0.605. The molecule has 0 radical (unpaired) electrons. The normalized spacial score (nSPS) is 13.5. The van der Waals surface area contributed by atoms with Gasteiger partial charge in [-0.25, -0.2) is 0 Å². The second-order valence-corrected chi connectivity index (χ2v) is 5.21. The SMILES string of the molecule is C[C@@H](O)c1cc(Cl)ccc1OCCC(C)(C)O. The first-order valence-corrected chi connectivity index (χ1v) is 6.00. The summed E-state index contributed by atoms with van der Waals surface area (Å²) in [5.41, 5.74) is -0.0921. The Morgan fingerprint density at radius 2 is 2.06 bits per heavy atom. The molecule has 0 spiro atoms. The van der Waals surface area contributed by atoms with E-state index in [4.69, 9.17) is 16.3 Å². The first kappa shape index (κ1) is 14.3. The second-order valence-electron chi connectivity index (χ2n) is 4.77. The summed E-state index contributed by atoms with van der Waals surface area (Å²) >= 11 is 5.86. The molecule has 1 rings (SSSR count). The number of hydrogen-bond donors (Lipinski definition) is 2. The molecule has 1 aromatic rings. The van der Waals surface area contributed by atoms with Gasteiger partial charge in [0.1, 0.15) is 5.75 Å². The van der Waals surface area contributed by atoms with Gasteiger partial charge in [-0.2, -0.15) is 0 Å². The first-order chi connectivity index (χ1) is 7.79. The molecule has 0 aliphatic carbocycles. The molecule has 1 aromatic carbocycles. The molecule has 1 atom stereocenters. The Morgan fingerprint density at radius 1 is 1.41 bits per heavy atom. The highest BCUT2D eigenvalue weighted by molar-refractivity contribution is 6.30. The van der Waals surface area contributed by atoms with Crippen LogP contribution in [0.4, 0.5) is 0 Å². The lowest BCUT2D eigenvalue weighted by atomic mass is 10.1. The van der Waals surface area contributed by atoms with Gasteiger partial charge in [0.25, 0.3) is 0 Å². The van der Waals surface area contributed by atoms with Crippen LogP contribution >= 0.6 is 11.6 Å². The molecule has 3 nitrogen and oxygen atoms in total. The fourth-order valence-corrected chi connectivity index (χ4v) is 1.57. The van der Waals surface area contributed by atoms with Crippen molar-refractivity contribution in [1.82, 2.24) is 0 Å². The highest BCUT2D eigenvalue weighted by Crippen LogP contribution is 2.28. The monoisotopic (exact) mass is 258 g/mol. The van der Waals surface area contributed by atoms with Gasteiger partial charge in [0.05, 0.1) is 18.3 Å². The van der Waals surface area contributed by atoms with Crippen LogP contribution in [0.2, 0.25) is 5.02 Å². The lowest BCUT2D eigenvalue weighted by Crippen LogP contribution is -2.22. The molecule has 0 saturated heterocycles. The summed E-state index contributed by atoms with van der Waals surface area (Å²) in [6.07, 6.45) is -0.111. The number of rotatable bonds is 5. The predicted molar refractivity (Wildman–Crippen MR) is 68.5 cm³/mol. The van der Waals surface area contributed by atoms with Crippen molar-refractivity contribution < 1.29 is 14.9 Å². The molecule has 2 N–H and O–H groups in total. The molecule has 96 valence electrons. The van der Waals surface area contributed by atoms with Gasteiger partial charge in [-0.15, -0.1) is 0 Å².